The van der Waals surface area contributed by atoms with E-state index in [-0.39, 0.29) is 25.6 Å². The molecule has 2 aromatic rings. The molecule has 0 radical (unpaired) electrons. The summed E-state index contributed by atoms with van der Waals surface area (Å²) in [6.07, 6.45) is -1.59. The molecule has 2 aliphatic carbocycles. The zero-order valence-electron chi connectivity index (χ0n) is 19.1. The maximum Gasteiger partial charge on any atom is 0.397 e. The lowest BCUT2D eigenvalue weighted by molar-refractivity contribution is -0.192. The van der Waals surface area contributed by atoms with Gasteiger partial charge in [-0.1, -0.05) is 0 Å². The fourth-order valence-electron chi connectivity index (χ4n) is 6.39. The molecule has 10 heteroatoms. The van der Waals surface area contributed by atoms with Crippen molar-refractivity contribution in [2.75, 3.05) is 44.3 Å². The van der Waals surface area contributed by atoms with Gasteiger partial charge < -0.3 is 15.0 Å². The number of amides is 1. The molecule has 184 valence electrons. The van der Waals surface area contributed by atoms with E-state index in [1.807, 2.05) is 0 Å². The molecule has 2 aliphatic heterocycles. The van der Waals surface area contributed by atoms with Gasteiger partial charge in [-0.05, 0) is 43.5 Å². The van der Waals surface area contributed by atoms with Crippen molar-refractivity contribution in [1.29, 1.82) is 5.26 Å². The molecule has 0 unspecified atom stereocenters. The molecule has 1 aromatic heterocycles. The lowest BCUT2D eigenvalue weighted by Gasteiger charge is -2.44. The van der Waals surface area contributed by atoms with Gasteiger partial charge in [-0.25, -0.2) is 0 Å². The van der Waals surface area contributed by atoms with Crippen LogP contribution in [0.4, 0.5) is 18.9 Å². The Morgan fingerprint density at radius 3 is 2.69 bits per heavy atom. The zero-order valence-corrected chi connectivity index (χ0v) is 19.1. The minimum Gasteiger partial charge on any atom is -0.379 e. The molecule has 35 heavy (non-hydrogen) atoms. The number of nitriles is 1. The van der Waals surface area contributed by atoms with Crippen LogP contribution in [0.2, 0.25) is 0 Å². The number of alkyl halides is 3. The van der Waals surface area contributed by atoms with Gasteiger partial charge in [-0.2, -0.15) is 18.4 Å². The van der Waals surface area contributed by atoms with Gasteiger partial charge in [0.05, 0.1) is 29.7 Å². The fourth-order valence-corrected chi connectivity index (χ4v) is 6.39. The van der Waals surface area contributed by atoms with Crippen LogP contribution < -0.4 is 10.2 Å². The van der Waals surface area contributed by atoms with E-state index >= 15 is 0 Å². The predicted octanol–water partition coefficient (Wildman–Crippen LogP) is 2.84. The summed E-state index contributed by atoms with van der Waals surface area (Å²) >= 11 is 0. The molecule has 4 fully saturated rings. The van der Waals surface area contributed by atoms with Gasteiger partial charge in [0.2, 0.25) is 5.91 Å². The molecular formula is C25H26F3N5O2. The largest absolute Gasteiger partial charge is 0.397 e. The molecule has 0 spiro atoms. The molecule has 1 aromatic carbocycles. The van der Waals surface area contributed by atoms with E-state index in [2.05, 4.69) is 21.3 Å². The average Bonchev–Trinajstić information content (AvgIpc) is 3.38. The second-order valence-corrected chi connectivity index (χ2v) is 10.3. The van der Waals surface area contributed by atoms with Gasteiger partial charge in [-0.3, -0.25) is 14.7 Å². The number of rotatable bonds is 4. The van der Waals surface area contributed by atoms with Crippen molar-refractivity contribution < 1.29 is 22.7 Å². The molecule has 1 amide bonds. The molecule has 4 aliphatic rings. The van der Waals surface area contributed by atoms with Crippen molar-refractivity contribution in [3.05, 3.63) is 36.0 Å². The summed E-state index contributed by atoms with van der Waals surface area (Å²) < 4.78 is 48.5. The fraction of sp³-hybridized carbons (Fsp3) is 0.560. The Kier molecular flexibility index (Phi) is 5.03. The Bertz CT molecular complexity index is 1220. The van der Waals surface area contributed by atoms with Crippen LogP contribution in [0, 0.1) is 22.2 Å². The number of benzene rings is 1. The van der Waals surface area contributed by atoms with E-state index in [1.54, 1.807) is 35.4 Å². The van der Waals surface area contributed by atoms with Gasteiger partial charge in [0.1, 0.15) is 11.5 Å². The topological polar surface area (TPSA) is 81.5 Å². The first-order valence-electron chi connectivity index (χ1n) is 12.0. The maximum atomic E-state index is 14.4. The number of anilines is 1. The van der Waals surface area contributed by atoms with Gasteiger partial charge in [-0.15, -0.1) is 0 Å². The first-order chi connectivity index (χ1) is 16.8. The van der Waals surface area contributed by atoms with Crippen molar-refractivity contribution in [2.45, 2.75) is 37.5 Å². The Hall–Kier alpha value is -2.90. The molecule has 2 saturated carbocycles. The average molecular weight is 486 g/mol. The van der Waals surface area contributed by atoms with Crippen LogP contribution in [0.15, 0.2) is 30.5 Å². The molecule has 0 bridgehead atoms. The Balaban J connectivity index is 1.23. The molecule has 2 saturated heterocycles. The quantitative estimate of drug-likeness (QED) is 0.718. The van der Waals surface area contributed by atoms with Gasteiger partial charge in [0.25, 0.3) is 0 Å². The standard InChI is InChI=1S/C25H26F3N5O2/c26-25(27,28)24-13-23(24,22(34)31-17-10-18(11-17)32-6-8-35-9-7-32)14-33(15-24)20-4-3-16(12-29)21-19(20)2-1-5-30-21/h1-5,17-18H,6-11,13-15H2,(H,31,34)/t17-,18-,23-,24-/m1/s1. The van der Waals surface area contributed by atoms with Crippen LogP contribution in [-0.4, -0.2) is 73.4 Å². The number of hydrogen-bond acceptors (Lipinski definition) is 6. The van der Waals surface area contributed by atoms with Gasteiger partial charge >= 0.3 is 6.18 Å². The smallest absolute Gasteiger partial charge is 0.379 e. The van der Waals surface area contributed by atoms with Crippen LogP contribution in [0.1, 0.15) is 24.8 Å². The Morgan fingerprint density at radius 2 is 1.97 bits per heavy atom. The second kappa shape index (κ2) is 7.80. The third-order valence-corrected chi connectivity index (χ3v) is 8.51. The number of nitrogens with one attached hydrogen (secondary N) is 1. The van der Waals surface area contributed by atoms with Crippen molar-refractivity contribution in [3.8, 4) is 6.07 Å². The monoisotopic (exact) mass is 485 g/mol. The van der Waals surface area contributed by atoms with E-state index in [0.717, 1.165) is 25.9 Å². The second-order valence-electron chi connectivity index (χ2n) is 10.3. The summed E-state index contributed by atoms with van der Waals surface area (Å²) in [7, 11) is 0. The SMILES string of the molecule is N#Cc1ccc(N2C[C@@]3(C(=O)N[C@H]4C[C@H](N5CCOCC5)C4)C[C@@]3(C(F)(F)F)C2)c2cccnc12. The van der Waals surface area contributed by atoms with Crippen LogP contribution in [0.25, 0.3) is 10.9 Å². The van der Waals surface area contributed by atoms with Crippen molar-refractivity contribution in [2.24, 2.45) is 10.8 Å². The first-order valence-corrected chi connectivity index (χ1v) is 12.0. The zero-order chi connectivity index (χ0) is 24.4. The normalized spacial score (nSPS) is 32.6. The number of nitrogens with zero attached hydrogens (tertiary/aromatic N) is 4. The highest BCUT2D eigenvalue weighted by atomic mass is 19.4. The highest BCUT2D eigenvalue weighted by Crippen LogP contribution is 2.75. The minimum atomic E-state index is -4.49. The molecule has 7 nitrogen and oxygen atoms in total. The van der Waals surface area contributed by atoms with Gasteiger partial charge in [0, 0.05) is 55.5 Å². The van der Waals surface area contributed by atoms with Crippen LogP contribution in [0.3, 0.4) is 0 Å². The first kappa shape index (κ1) is 22.6. The van der Waals surface area contributed by atoms with E-state index in [0.29, 0.717) is 41.4 Å². The Labute approximate surface area is 200 Å². The lowest BCUT2D eigenvalue weighted by Crippen LogP contribution is -2.57. The number of hydrogen-bond donors (Lipinski definition) is 1. The number of carbonyl (C=O) groups excluding carboxylic acids is 1. The van der Waals surface area contributed by atoms with E-state index in [1.165, 1.54) is 0 Å². The Morgan fingerprint density at radius 1 is 1.20 bits per heavy atom. The van der Waals surface area contributed by atoms with E-state index in [4.69, 9.17) is 4.74 Å². The number of piperidine rings is 1. The summed E-state index contributed by atoms with van der Waals surface area (Å²) in [4.78, 5) is 21.6. The van der Waals surface area contributed by atoms with Crippen LogP contribution in [0.5, 0.6) is 0 Å². The summed E-state index contributed by atoms with van der Waals surface area (Å²) in [6.45, 7) is 2.82. The summed E-state index contributed by atoms with van der Waals surface area (Å²) in [5.74, 6) is -0.487. The lowest BCUT2D eigenvalue weighted by atomic mass is 9.84. The van der Waals surface area contributed by atoms with Crippen LogP contribution >= 0.6 is 0 Å². The number of aromatic nitrogens is 1. The molecule has 3 heterocycles. The number of halogens is 3. The number of morpholine rings is 1. The summed E-state index contributed by atoms with van der Waals surface area (Å²) in [6, 6.07) is 9.06. The minimum absolute atomic E-state index is 0.00610. The number of carbonyl (C=O) groups is 1. The van der Waals surface area contributed by atoms with E-state index in [9.17, 15) is 23.2 Å². The number of ether oxygens (including phenoxy) is 1. The van der Waals surface area contributed by atoms with Crippen molar-refractivity contribution in [3.63, 3.8) is 0 Å². The highest BCUT2D eigenvalue weighted by Gasteiger charge is 2.86. The molecule has 2 atom stereocenters. The van der Waals surface area contributed by atoms with Crippen LogP contribution in [-0.2, 0) is 9.53 Å². The highest BCUT2D eigenvalue weighted by molar-refractivity contribution is 5.97. The third kappa shape index (κ3) is 3.32. The number of pyridine rings is 1. The van der Waals surface area contributed by atoms with Gasteiger partial charge in [0.15, 0.2) is 0 Å². The molecular weight excluding hydrogens is 459 g/mol. The summed E-state index contributed by atoms with van der Waals surface area (Å²) in [5, 5.41) is 13.0. The molecule has 6 rings (SSSR count). The van der Waals surface area contributed by atoms with Crippen molar-refractivity contribution in [1.82, 2.24) is 15.2 Å². The van der Waals surface area contributed by atoms with Crippen molar-refractivity contribution >= 4 is 22.5 Å². The third-order valence-electron chi connectivity index (χ3n) is 8.51. The predicted molar refractivity (Wildman–Crippen MR) is 122 cm³/mol. The maximum absolute atomic E-state index is 14.4. The van der Waals surface area contributed by atoms with E-state index < -0.39 is 22.9 Å². The summed E-state index contributed by atoms with van der Waals surface area (Å²) in [5.41, 5.74) is -2.15. The number of fused-ring (bicyclic) bond motifs is 2. The molecule has 1 N–H and O–H groups in total.